The van der Waals surface area contributed by atoms with Crippen LogP contribution in [0.25, 0.3) is 0 Å². The summed E-state index contributed by atoms with van der Waals surface area (Å²) in [6.07, 6.45) is 0. The van der Waals surface area contributed by atoms with Crippen molar-refractivity contribution in [2.24, 2.45) is 10.8 Å². The Bertz CT molecular complexity index is 454. The molecule has 0 bridgehead atoms. The van der Waals surface area contributed by atoms with E-state index in [9.17, 15) is 9.59 Å². The summed E-state index contributed by atoms with van der Waals surface area (Å²) in [6.45, 7) is 2.46. The number of likely N-dealkylation sites (N-methyl/N-ethyl adjacent to an activating group) is 3. The van der Waals surface area contributed by atoms with Crippen LogP contribution in [0.5, 0.6) is 0 Å². The fraction of sp³-hybridized carbons (Fsp3) is 0.556. The topological polar surface area (TPSA) is 94.0 Å². The average Bonchev–Trinajstić information content (AvgIpc) is 2.72. The first kappa shape index (κ1) is 11.5. The summed E-state index contributed by atoms with van der Waals surface area (Å²) in [6, 6.07) is -0.960. The van der Waals surface area contributed by atoms with Crippen molar-refractivity contribution in [1.29, 1.82) is 0 Å². The van der Waals surface area contributed by atoms with E-state index in [0.29, 0.717) is 18.3 Å². The number of urea groups is 1. The molecule has 17 heavy (non-hydrogen) atoms. The van der Waals surface area contributed by atoms with Gasteiger partial charge in [-0.3, -0.25) is 14.6 Å². The van der Waals surface area contributed by atoms with E-state index in [1.807, 2.05) is 6.92 Å². The highest BCUT2D eigenvalue weighted by Crippen LogP contribution is 2.17. The smallest absolute Gasteiger partial charge is 0.270 e. The summed E-state index contributed by atoms with van der Waals surface area (Å²) in [5, 5.41) is 0. The van der Waals surface area contributed by atoms with Crippen molar-refractivity contribution in [2.75, 3.05) is 20.6 Å². The third-order valence-electron chi connectivity index (χ3n) is 3.00. The van der Waals surface area contributed by atoms with Crippen LogP contribution in [0, 0.1) is 0 Å². The van der Waals surface area contributed by atoms with Crippen molar-refractivity contribution in [3.63, 3.8) is 0 Å². The molecule has 1 atom stereocenters. The molecule has 2 aliphatic rings. The van der Waals surface area contributed by atoms with Crippen LogP contribution >= 0.6 is 0 Å². The van der Waals surface area contributed by atoms with Gasteiger partial charge < -0.3 is 0 Å². The Balaban J connectivity index is 2.48. The number of imide groups is 1. The number of amides is 3. The Labute approximate surface area is 98.4 Å². The Morgan fingerprint density at radius 2 is 2.06 bits per heavy atom. The predicted molar refractivity (Wildman–Crippen MR) is 60.3 cm³/mol. The van der Waals surface area contributed by atoms with Crippen LogP contribution < -0.4 is 11.3 Å². The number of aliphatic imine (C=N–C) groups is 1. The highest BCUT2D eigenvalue weighted by molar-refractivity contribution is 6.22. The molecule has 2 aliphatic heterocycles. The summed E-state index contributed by atoms with van der Waals surface area (Å²) in [7, 11) is 3.05. The quantitative estimate of drug-likeness (QED) is 0.319. The molecular formula is C9H15N6O2+. The molecule has 0 spiro atoms. The maximum Gasteiger partial charge on any atom is 0.407 e. The minimum atomic E-state index is -0.571. The van der Waals surface area contributed by atoms with E-state index in [4.69, 9.17) is 5.84 Å². The second kappa shape index (κ2) is 3.81. The van der Waals surface area contributed by atoms with Crippen molar-refractivity contribution in [3.05, 3.63) is 0 Å². The van der Waals surface area contributed by atoms with Gasteiger partial charge in [0.15, 0.2) is 0 Å². The van der Waals surface area contributed by atoms with Crippen molar-refractivity contribution >= 4 is 23.7 Å². The number of carbonyl (C=O) groups is 2. The van der Waals surface area contributed by atoms with Crippen LogP contribution in [0.4, 0.5) is 4.79 Å². The third kappa shape index (κ3) is 1.41. The summed E-state index contributed by atoms with van der Waals surface area (Å²) >= 11 is 0. The zero-order valence-electron chi connectivity index (χ0n) is 9.97. The van der Waals surface area contributed by atoms with Crippen molar-refractivity contribution in [2.45, 2.75) is 13.0 Å². The van der Waals surface area contributed by atoms with Crippen molar-refractivity contribution < 1.29 is 14.2 Å². The number of nitrogens with zero attached hydrogens (tertiary/aromatic N) is 4. The molecule has 2 rings (SSSR count). The van der Waals surface area contributed by atoms with Gasteiger partial charge in [-0.1, -0.05) is 4.99 Å². The third-order valence-corrected chi connectivity index (χ3v) is 3.00. The van der Waals surface area contributed by atoms with E-state index in [-0.39, 0.29) is 11.9 Å². The normalized spacial score (nSPS) is 24.2. The van der Waals surface area contributed by atoms with E-state index < -0.39 is 6.04 Å². The standard InChI is InChI=1S/C9H14N6O2/c1-4-15-5-6(11-8(15)12-10)13(2)9(17)14(3)7(5)16/h5H,4,10H2,1-3H3/p+1. The summed E-state index contributed by atoms with van der Waals surface area (Å²) in [4.78, 5) is 30.4. The highest BCUT2D eigenvalue weighted by atomic mass is 16.2. The molecule has 0 radical (unpaired) electrons. The number of carbonyl (C=O) groups excluding carboxylic acids is 2. The van der Waals surface area contributed by atoms with Gasteiger partial charge in [-0.15, -0.1) is 0 Å². The van der Waals surface area contributed by atoms with Gasteiger partial charge in [-0.2, -0.15) is 5.84 Å². The minimum absolute atomic E-state index is 0.293. The number of rotatable bonds is 1. The summed E-state index contributed by atoms with van der Waals surface area (Å²) in [5.41, 5.74) is 2.44. The molecule has 92 valence electrons. The lowest BCUT2D eigenvalue weighted by molar-refractivity contribution is -0.533. The lowest BCUT2D eigenvalue weighted by Crippen LogP contribution is -2.61. The van der Waals surface area contributed by atoms with Gasteiger partial charge >= 0.3 is 12.0 Å². The number of hydrazine groups is 1. The minimum Gasteiger partial charge on any atom is -0.270 e. The number of guanidine groups is 1. The molecule has 8 heteroatoms. The van der Waals surface area contributed by atoms with Crippen LogP contribution in [0.1, 0.15) is 6.92 Å². The second-order valence-electron chi connectivity index (χ2n) is 3.87. The SMILES string of the molecule is CC[N+]1=C(NN)N=C2C1C(=O)N(C)C(=O)N2C. The molecule has 8 nitrogen and oxygen atoms in total. The van der Waals surface area contributed by atoms with Crippen LogP contribution in [-0.2, 0) is 4.79 Å². The van der Waals surface area contributed by atoms with Crippen LogP contribution in [-0.4, -0.2) is 64.8 Å². The zero-order chi connectivity index (χ0) is 12.7. The summed E-state index contributed by atoms with van der Waals surface area (Å²) in [5.74, 6) is 5.87. The van der Waals surface area contributed by atoms with Gasteiger partial charge in [0.2, 0.25) is 11.9 Å². The van der Waals surface area contributed by atoms with Crippen LogP contribution in [0.2, 0.25) is 0 Å². The zero-order valence-corrected chi connectivity index (χ0v) is 9.97. The molecule has 0 aromatic carbocycles. The molecule has 0 aromatic heterocycles. The number of amidine groups is 1. The number of hydrogen-bond donors (Lipinski definition) is 2. The van der Waals surface area contributed by atoms with Crippen molar-refractivity contribution in [1.82, 2.24) is 15.2 Å². The van der Waals surface area contributed by atoms with Crippen LogP contribution in [0.15, 0.2) is 4.99 Å². The number of nitrogens with one attached hydrogen (secondary N) is 1. The number of fused-ring (bicyclic) bond motifs is 1. The average molecular weight is 239 g/mol. The molecule has 1 fully saturated rings. The Kier molecular flexibility index (Phi) is 2.58. The van der Waals surface area contributed by atoms with Gasteiger partial charge in [-0.25, -0.2) is 14.8 Å². The van der Waals surface area contributed by atoms with Gasteiger partial charge in [0.05, 0.1) is 6.54 Å². The molecule has 0 aliphatic carbocycles. The molecule has 3 amide bonds. The monoisotopic (exact) mass is 239 g/mol. The maximum absolute atomic E-state index is 12.1. The second-order valence-corrected chi connectivity index (χ2v) is 3.87. The Hall–Kier alpha value is -1.96. The molecule has 0 aromatic rings. The molecule has 1 saturated heterocycles. The van der Waals surface area contributed by atoms with Crippen LogP contribution in [0.3, 0.4) is 0 Å². The molecule has 3 N–H and O–H groups in total. The van der Waals surface area contributed by atoms with E-state index in [1.165, 1.54) is 11.9 Å². The lowest BCUT2D eigenvalue weighted by atomic mass is 10.1. The molecule has 1 unspecified atom stereocenters. The summed E-state index contributed by atoms with van der Waals surface area (Å²) < 4.78 is 1.72. The van der Waals surface area contributed by atoms with Gasteiger partial charge in [0.1, 0.15) is 0 Å². The van der Waals surface area contributed by atoms with Gasteiger partial charge in [0.25, 0.3) is 5.91 Å². The maximum atomic E-state index is 12.1. The van der Waals surface area contributed by atoms with Crippen molar-refractivity contribution in [3.8, 4) is 0 Å². The van der Waals surface area contributed by atoms with E-state index in [1.54, 1.807) is 11.6 Å². The number of hydrogen-bond acceptors (Lipinski definition) is 5. The lowest BCUT2D eigenvalue weighted by Gasteiger charge is -2.31. The first-order valence-electron chi connectivity index (χ1n) is 5.27. The van der Waals surface area contributed by atoms with E-state index in [2.05, 4.69) is 10.4 Å². The van der Waals surface area contributed by atoms with Gasteiger partial charge in [-0.05, 0) is 6.92 Å². The van der Waals surface area contributed by atoms with E-state index >= 15 is 0 Å². The Morgan fingerprint density at radius 1 is 1.41 bits per heavy atom. The highest BCUT2D eigenvalue weighted by Gasteiger charge is 2.50. The first-order valence-corrected chi connectivity index (χ1v) is 5.27. The largest absolute Gasteiger partial charge is 0.407 e. The molecular weight excluding hydrogens is 224 g/mol. The Morgan fingerprint density at radius 3 is 2.59 bits per heavy atom. The number of nitrogens with two attached hydrogens (primary N) is 1. The molecule has 0 saturated carbocycles. The first-order chi connectivity index (χ1) is 8.02. The fourth-order valence-electron chi connectivity index (χ4n) is 2.05. The predicted octanol–water partition coefficient (Wildman–Crippen LogP) is -1.86. The molecule has 2 heterocycles. The van der Waals surface area contributed by atoms with E-state index in [0.717, 1.165) is 4.90 Å². The van der Waals surface area contributed by atoms with Gasteiger partial charge in [0, 0.05) is 14.1 Å². The fourth-order valence-corrected chi connectivity index (χ4v) is 2.05.